The molecule has 104 valence electrons. The number of nitrogens with two attached hydrogens (primary N) is 1. The number of benzene rings is 1. The number of amidine groups is 1. The molecule has 0 spiro atoms. The third-order valence-electron chi connectivity index (χ3n) is 3.65. The van der Waals surface area contributed by atoms with Gasteiger partial charge in [-0.1, -0.05) is 6.07 Å². The van der Waals surface area contributed by atoms with Gasteiger partial charge < -0.3 is 5.73 Å². The van der Waals surface area contributed by atoms with Crippen molar-refractivity contribution in [3.8, 4) is 0 Å². The summed E-state index contributed by atoms with van der Waals surface area (Å²) in [5, 5.41) is 7.51. The molecule has 1 aliphatic heterocycles. The van der Waals surface area contributed by atoms with Crippen LogP contribution in [-0.2, 0) is 10.0 Å². The fourth-order valence-electron chi connectivity index (χ4n) is 2.35. The smallest absolute Gasteiger partial charge is 0.243 e. The highest BCUT2D eigenvalue weighted by atomic mass is 32.2. The largest absolute Gasteiger partial charge is 0.386 e. The number of hydrogen-bond donors (Lipinski definition) is 2. The number of aryl methyl sites for hydroxylation is 2. The molecule has 5 nitrogen and oxygen atoms in total. The maximum Gasteiger partial charge on any atom is 0.243 e. The summed E-state index contributed by atoms with van der Waals surface area (Å²) in [5.74, 6) is -0.0788. The molecule has 1 saturated heterocycles. The molecule has 1 unspecified atom stereocenters. The average molecular weight is 281 g/mol. The number of sulfonamides is 1. The van der Waals surface area contributed by atoms with E-state index in [0.717, 1.165) is 17.5 Å². The molecule has 2 rings (SSSR count). The van der Waals surface area contributed by atoms with E-state index in [1.165, 1.54) is 4.31 Å². The highest BCUT2D eigenvalue weighted by molar-refractivity contribution is 7.89. The molecule has 1 aromatic rings. The lowest BCUT2D eigenvalue weighted by Gasteiger charge is -2.23. The van der Waals surface area contributed by atoms with Crippen LogP contribution in [0.5, 0.6) is 0 Å². The molecule has 0 saturated carbocycles. The summed E-state index contributed by atoms with van der Waals surface area (Å²) in [6, 6.07) is 4.61. The van der Waals surface area contributed by atoms with Crippen LogP contribution in [0.15, 0.2) is 23.1 Å². The average Bonchev–Trinajstić information content (AvgIpc) is 2.82. The quantitative estimate of drug-likeness (QED) is 0.648. The molecule has 1 aromatic carbocycles. The van der Waals surface area contributed by atoms with Gasteiger partial charge >= 0.3 is 0 Å². The summed E-state index contributed by atoms with van der Waals surface area (Å²) in [4.78, 5) is 0.281. The van der Waals surface area contributed by atoms with Gasteiger partial charge in [0.1, 0.15) is 5.84 Å². The van der Waals surface area contributed by atoms with Crippen LogP contribution in [0, 0.1) is 19.3 Å². The monoisotopic (exact) mass is 281 g/mol. The molecular weight excluding hydrogens is 262 g/mol. The molecule has 1 aliphatic rings. The molecule has 1 heterocycles. The van der Waals surface area contributed by atoms with Crippen LogP contribution in [0.2, 0.25) is 0 Å². The van der Waals surface area contributed by atoms with Crippen LogP contribution < -0.4 is 5.73 Å². The first-order valence-electron chi connectivity index (χ1n) is 6.27. The predicted octanol–water partition coefficient (Wildman–Crippen LogP) is 1.39. The first kappa shape index (κ1) is 14.0. The van der Waals surface area contributed by atoms with E-state index < -0.39 is 16.1 Å². The Bertz CT molecular complexity index is 610. The fourth-order valence-corrected chi connectivity index (χ4v) is 4.11. The summed E-state index contributed by atoms with van der Waals surface area (Å²) in [6.07, 6.45) is 1.37. The molecule has 1 fully saturated rings. The molecule has 0 aliphatic carbocycles. The van der Waals surface area contributed by atoms with E-state index in [2.05, 4.69) is 0 Å². The normalized spacial score (nSPS) is 20.6. The second kappa shape index (κ2) is 4.94. The van der Waals surface area contributed by atoms with Crippen molar-refractivity contribution in [2.45, 2.75) is 37.6 Å². The number of rotatable bonds is 3. The van der Waals surface area contributed by atoms with Gasteiger partial charge in [0.15, 0.2) is 0 Å². The molecule has 19 heavy (non-hydrogen) atoms. The Morgan fingerprint density at radius 2 is 2.05 bits per heavy atom. The summed E-state index contributed by atoms with van der Waals surface area (Å²) in [6.45, 7) is 4.26. The molecule has 0 bridgehead atoms. The van der Waals surface area contributed by atoms with Crippen molar-refractivity contribution in [1.29, 1.82) is 5.41 Å². The van der Waals surface area contributed by atoms with Crippen molar-refractivity contribution in [2.75, 3.05) is 6.54 Å². The summed E-state index contributed by atoms with van der Waals surface area (Å²) < 4.78 is 26.5. The van der Waals surface area contributed by atoms with Crippen molar-refractivity contribution in [2.24, 2.45) is 5.73 Å². The SMILES string of the molecule is Cc1ccc(S(=O)(=O)N2CCCC2C(=N)N)cc1C. The molecule has 6 heteroatoms. The van der Waals surface area contributed by atoms with Crippen molar-refractivity contribution in [1.82, 2.24) is 4.31 Å². The number of hydrogen-bond acceptors (Lipinski definition) is 3. The van der Waals surface area contributed by atoms with Crippen LogP contribution >= 0.6 is 0 Å². The van der Waals surface area contributed by atoms with Crippen LogP contribution in [0.4, 0.5) is 0 Å². The zero-order valence-electron chi connectivity index (χ0n) is 11.2. The highest BCUT2D eigenvalue weighted by Gasteiger charge is 2.36. The van der Waals surface area contributed by atoms with E-state index in [1.54, 1.807) is 18.2 Å². The fraction of sp³-hybridized carbons (Fsp3) is 0.462. The van der Waals surface area contributed by atoms with E-state index in [9.17, 15) is 8.42 Å². The minimum absolute atomic E-state index is 0.0788. The molecular formula is C13H19N3O2S. The van der Waals surface area contributed by atoms with Gasteiger partial charge in [-0.05, 0) is 49.9 Å². The first-order chi connectivity index (χ1) is 8.84. The van der Waals surface area contributed by atoms with Crippen molar-refractivity contribution >= 4 is 15.9 Å². The molecule has 1 atom stereocenters. The Labute approximate surface area is 114 Å². The van der Waals surface area contributed by atoms with Crippen LogP contribution in [0.1, 0.15) is 24.0 Å². The molecule has 0 amide bonds. The number of nitrogens with zero attached hydrogens (tertiary/aromatic N) is 1. The Hall–Kier alpha value is -1.40. The lowest BCUT2D eigenvalue weighted by molar-refractivity contribution is 0.443. The van der Waals surface area contributed by atoms with Gasteiger partial charge in [-0.2, -0.15) is 4.31 Å². The lowest BCUT2D eigenvalue weighted by atomic mass is 10.1. The Kier molecular flexibility index (Phi) is 3.64. The van der Waals surface area contributed by atoms with Crippen LogP contribution in [0.3, 0.4) is 0 Å². The summed E-state index contributed by atoms with van der Waals surface area (Å²) in [7, 11) is -3.56. The van der Waals surface area contributed by atoms with Crippen LogP contribution in [0.25, 0.3) is 0 Å². The minimum atomic E-state index is -3.56. The van der Waals surface area contributed by atoms with E-state index >= 15 is 0 Å². The maximum atomic E-state index is 12.6. The minimum Gasteiger partial charge on any atom is -0.386 e. The summed E-state index contributed by atoms with van der Waals surface area (Å²) >= 11 is 0. The van der Waals surface area contributed by atoms with Gasteiger partial charge in [0.25, 0.3) is 0 Å². The van der Waals surface area contributed by atoms with E-state index in [1.807, 2.05) is 13.8 Å². The zero-order chi connectivity index (χ0) is 14.2. The predicted molar refractivity (Wildman–Crippen MR) is 74.7 cm³/mol. The Balaban J connectivity index is 2.42. The van der Waals surface area contributed by atoms with Gasteiger partial charge in [0, 0.05) is 6.54 Å². The van der Waals surface area contributed by atoms with Gasteiger partial charge in [0.2, 0.25) is 10.0 Å². The third kappa shape index (κ3) is 2.50. The van der Waals surface area contributed by atoms with E-state index in [4.69, 9.17) is 11.1 Å². The van der Waals surface area contributed by atoms with E-state index in [-0.39, 0.29) is 10.7 Å². The second-order valence-corrected chi connectivity index (χ2v) is 6.87. The van der Waals surface area contributed by atoms with Crippen molar-refractivity contribution in [3.63, 3.8) is 0 Å². The van der Waals surface area contributed by atoms with E-state index in [0.29, 0.717) is 13.0 Å². The maximum absolute atomic E-state index is 12.6. The molecule has 0 radical (unpaired) electrons. The van der Waals surface area contributed by atoms with Crippen molar-refractivity contribution < 1.29 is 8.42 Å². The van der Waals surface area contributed by atoms with Gasteiger partial charge in [-0.15, -0.1) is 0 Å². The first-order valence-corrected chi connectivity index (χ1v) is 7.71. The van der Waals surface area contributed by atoms with Gasteiger partial charge in [-0.25, -0.2) is 8.42 Å². The van der Waals surface area contributed by atoms with Gasteiger partial charge in [-0.3, -0.25) is 5.41 Å². The third-order valence-corrected chi connectivity index (χ3v) is 5.55. The lowest BCUT2D eigenvalue weighted by Crippen LogP contribution is -2.43. The Morgan fingerprint density at radius 3 is 2.63 bits per heavy atom. The van der Waals surface area contributed by atoms with Crippen LogP contribution in [-0.4, -0.2) is 31.1 Å². The Morgan fingerprint density at radius 1 is 1.37 bits per heavy atom. The second-order valence-electron chi connectivity index (χ2n) is 4.98. The topological polar surface area (TPSA) is 87.2 Å². The highest BCUT2D eigenvalue weighted by Crippen LogP contribution is 2.26. The number of nitrogens with one attached hydrogen (secondary N) is 1. The summed E-state index contributed by atoms with van der Waals surface area (Å²) in [5.41, 5.74) is 7.50. The molecule has 0 aromatic heterocycles. The zero-order valence-corrected chi connectivity index (χ0v) is 12.0. The van der Waals surface area contributed by atoms with Crippen molar-refractivity contribution in [3.05, 3.63) is 29.3 Å². The molecule has 3 N–H and O–H groups in total. The van der Waals surface area contributed by atoms with Gasteiger partial charge in [0.05, 0.1) is 10.9 Å². The standard InChI is InChI=1S/C13H19N3O2S/c1-9-5-6-11(8-10(9)2)19(17,18)16-7-3-4-12(16)13(14)15/h5-6,8,12H,3-4,7H2,1-2H3,(H3,14,15).